The second-order valence-electron chi connectivity index (χ2n) is 4.80. The van der Waals surface area contributed by atoms with Gasteiger partial charge in [-0.25, -0.2) is 4.98 Å². The molecule has 0 spiro atoms. The zero-order valence-electron chi connectivity index (χ0n) is 10.7. The molecule has 1 aliphatic rings. The van der Waals surface area contributed by atoms with Crippen molar-refractivity contribution in [1.29, 1.82) is 0 Å². The van der Waals surface area contributed by atoms with Crippen molar-refractivity contribution >= 4 is 5.91 Å². The minimum Gasteiger partial charge on any atom is -0.345 e. The predicted octanol–water partition coefficient (Wildman–Crippen LogP) is 1.32. The third-order valence-electron chi connectivity index (χ3n) is 3.26. The van der Waals surface area contributed by atoms with Gasteiger partial charge in [0.1, 0.15) is 5.82 Å². The molecule has 1 aliphatic carbocycles. The lowest BCUT2D eigenvalue weighted by atomic mass is 10.1. The Balaban J connectivity index is 1.63. The van der Waals surface area contributed by atoms with Crippen molar-refractivity contribution in [2.45, 2.75) is 32.2 Å². The average molecular weight is 257 g/mol. The number of carbonyl (C=O) groups is 1. The summed E-state index contributed by atoms with van der Waals surface area (Å²) in [4.78, 5) is 20.2. The molecule has 0 bridgehead atoms. The fourth-order valence-electron chi connectivity index (χ4n) is 1.85. The monoisotopic (exact) mass is 257 g/mol. The van der Waals surface area contributed by atoms with Crippen molar-refractivity contribution in [1.82, 2.24) is 25.5 Å². The normalized spacial score (nSPS) is 14.4. The fraction of sp³-hybridized carbons (Fsp3) is 0.385. The number of aromatic amines is 1. The molecule has 1 fully saturated rings. The molecular weight excluding hydrogens is 242 g/mol. The van der Waals surface area contributed by atoms with E-state index in [1.54, 1.807) is 12.4 Å². The van der Waals surface area contributed by atoms with Crippen LogP contribution in [-0.4, -0.2) is 26.1 Å². The van der Waals surface area contributed by atoms with Gasteiger partial charge in [0, 0.05) is 24.9 Å². The molecule has 0 radical (unpaired) electrons. The van der Waals surface area contributed by atoms with E-state index >= 15 is 0 Å². The molecular formula is C13H15N5O. The van der Waals surface area contributed by atoms with E-state index in [0.717, 1.165) is 29.8 Å². The van der Waals surface area contributed by atoms with Crippen molar-refractivity contribution in [2.75, 3.05) is 0 Å². The molecule has 0 aliphatic heterocycles. The number of aromatic nitrogens is 4. The summed E-state index contributed by atoms with van der Waals surface area (Å²) in [6.45, 7) is 2.42. The second kappa shape index (κ2) is 4.79. The van der Waals surface area contributed by atoms with Crippen LogP contribution < -0.4 is 5.32 Å². The molecule has 2 N–H and O–H groups in total. The molecule has 0 atom stereocenters. The molecule has 0 aromatic carbocycles. The van der Waals surface area contributed by atoms with Gasteiger partial charge in [0.25, 0.3) is 5.91 Å². The van der Waals surface area contributed by atoms with Gasteiger partial charge in [-0.3, -0.25) is 14.9 Å². The topological polar surface area (TPSA) is 83.6 Å². The van der Waals surface area contributed by atoms with Gasteiger partial charge >= 0.3 is 0 Å². The van der Waals surface area contributed by atoms with Crippen molar-refractivity contribution in [3.05, 3.63) is 41.2 Å². The maximum Gasteiger partial charge on any atom is 0.291 e. The van der Waals surface area contributed by atoms with Crippen LogP contribution in [0.4, 0.5) is 0 Å². The molecule has 6 nitrogen and oxygen atoms in total. The number of carbonyl (C=O) groups excluding carboxylic acids is 1. The lowest BCUT2D eigenvalue weighted by molar-refractivity contribution is 0.0941. The summed E-state index contributed by atoms with van der Waals surface area (Å²) in [5, 5.41) is 9.58. The summed E-state index contributed by atoms with van der Waals surface area (Å²) >= 11 is 0. The largest absolute Gasteiger partial charge is 0.345 e. The van der Waals surface area contributed by atoms with Crippen LogP contribution in [0.3, 0.4) is 0 Å². The van der Waals surface area contributed by atoms with Crippen molar-refractivity contribution in [3.8, 4) is 0 Å². The molecule has 98 valence electrons. The lowest BCUT2D eigenvalue weighted by Crippen LogP contribution is -2.24. The predicted molar refractivity (Wildman–Crippen MR) is 68.5 cm³/mol. The molecule has 1 saturated carbocycles. The summed E-state index contributed by atoms with van der Waals surface area (Å²) in [5.74, 6) is 1.24. The molecule has 19 heavy (non-hydrogen) atoms. The first-order chi connectivity index (χ1) is 9.24. The highest BCUT2D eigenvalue weighted by molar-refractivity contribution is 5.90. The van der Waals surface area contributed by atoms with Crippen LogP contribution in [0.1, 0.15) is 46.3 Å². The van der Waals surface area contributed by atoms with Crippen molar-refractivity contribution in [2.24, 2.45) is 0 Å². The number of hydrogen-bond acceptors (Lipinski definition) is 4. The Hall–Kier alpha value is -2.24. The van der Waals surface area contributed by atoms with Crippen LogP contribution in [0.15, 0.2) is 18.5 Å². The zero-order valence-corrected chi connectivity index (χ0v) is 10.7. The molecule has 1 amide bonds. The summed E-state index contributed by atoms with van der Waals surface area (Å²) in [6, 6.07) is 1.92. The van der Waals surface area contributed by atoms with E-state index in [2.05, 4.69) is 25.5 Å². The van der Waals surface area contributed by atoms with Crippen LogP contribution in [0.25, 0.3) is 0 Å². The molecule has 2 heterocycles. The lowest BCUT2D eigenvalue weighted by Gasteiger charge is -2.05. The standard InChI is InChI=1S/C13H15N5O/c1-8-4-5-14-6-10(8)7-15-13(19)12-16-11(17-18-12)9-2-3-9/h4-6,9H,2-3,7H2,1H3,(H,15,19)(H,16,17,18). The first kappa shape index (κ1) is 11.8. The van der Waals surface area contributed by atoms with Crippen LogP contribution in [0.5, 0.6) is 0 Å². The highest BCUT2D eigenvalue weighted by atomic mass is 16.2. The molecule has 0 saturated heterocycles. The maximum atomic E-state index is 11.9. The summed E-state index contributed by atoms with van der Waals surface area (Å²) < 4.78 is 0. The van der Waals surface area contributed by atoms with E-state index in [-0.39, 0.29) is 11.7 Å². The first-order valence-corrected chi connectivity index (χ1v) is 6.34. The van der Waals surface area contributed by atoms with Gasteiger partial charge in [0.2, 0.25) is 5.82 Å². The molecule has 3 rings (SSSR count). The van der Waals surface area contributed by atoms with Gasteiger partial charge in [-0.2, -0.15) is 0 Å². The van der Waals surface area contributed by atoms with E-state index < -0.39 is 0 Å². The van der Waals surface area contributed by atoms with Crippen LogP contribution >= 0.6 is 0 Å². The van der Waals surface area contributed by atoms with Gasteiger partial charge < -0.3 is 5.32 Å². The zero-order chi connectivity index (χ0) is 13.2. The highest BCUT2D eigenvalue weighted by Crippen LogP contribution is 2.37. The summed E-state index contributed by atoms with van der Waals surface area (Å²) in [7, 11) is 0. The third-order valence-corrected chi connectivity index (χ3v) is 3.26. The first-order valence-electron chi connectivity index (χ1n) is 6.34. The Morgan fingerprint density at radius 1 is 1.53 bits per heavy atom. The quantitative estimate of drug-likeness (QED) is 0.865. The Morgan fingerprint density at radius 2 is 2.37 bits per heavy atom. The Morgan fingerprint density at radius 3 is 3.11 bits per heavy atom. The van der Waals surface area contributed by atoms with Gasteiger partial charge in [0.15, 0.2) is 0 Å². The van der Waals surface area contributed by atoms with E-state index in [1.807, 2.05) is 13.0 Å². The minimum absolute atomic E-state index is 0.212. The molecule has 0 unspecified atom stereocenters. The molecule has 2 aromatic heterocycles. The van der Waals surface area contributed by atoms with Crippen LogP contribution in [0.2, 0.25) is 0 Å². The number of nitrogens with one attached hydrogen (secondary N) is 2. The average Bonchev–Trinajstić information content (AvgIpc) is 3.15. The van der Waals surface area contributed by atoms with E-state index in [1.165, 1.54) is 0 Å². The maximum absolute atomic E-state index is 11.9. The molecule has 6 heteroatoms. The number of rotatable bonds is 4. The Labute approximate surface area is 110 Å². The Kier molecular flexibility index (Phi) is 2.98. The number of hydrogen-bond donors (Lipinski definition) is 2. The van der Waals surface area contributed by atoms with Gasteiger partial charge in [-0.1, -0.05) is 0 Å². The van der Waals surface area contributed by atoms with E-state index in [9.17, 15) is 4.79 Å². The fourth-order valence-corrected chi connectivity index (χ4v) is 1.85. The van der Waals surface area contributed by atoms with Crippen LogP contribution in [-0.2, 0) is 6.54 Å². The number of nitrogens with zero attached hydrogens (tertiary/aromatic N) is 3. The minimum atomic E-state index is -0.258. The number of amides is 1. The summed E-state index contributed by atoms with van der Waals surface area (Å²) in [5.41, 5.74) is 2.10. The summed E-state index contributed by atoms with van der Waals surface area (Å²) in [6.07, 6.45) is 5.75. The van der Waals surface area contributed by atoms with E-state index in [4.69, 9.17) is 0 Å². The van der Waals surface area contributed by atoms with Crippen molar-refractivity contribution in [3.63, 3.8) is 0 Å². The highest BCUT2D eigenvalue weighted by Gasteiger charge is 2.28. The smallest absolute Gasteiger partial charge is 0.291 e. The molecule has 2 aromatic rings. The third kappa shape index (κ3) is 2.62. The number of H-pyrrole nitrogens is 1. The Bertz CT molecular complexity index is 603. The number of pyridine rings is 1. The second-order valence-corrected chi connectivity index (χ2v) is 4.80. The van der Waals surface area contributed by atoms with Crippen LogP contribution in [0, 0.1) is 6.92 Å². The SMILES string of the molecule is Cc1ccncc1CNC(=O)c1n[nH]c(C2CC2)n1. The van der Waals surface area contributed by atoms with Gasteiger partial charge in [-0.05, 0) is 37.0 Å². The van der Waals surface area contributed by atoms with E-state index in [0.29, 0.717) is 12.5 Å². The van der Waals surface area contributed by atoms with Gasteiger partial charge in [0.05, 0.1) is 0 Å². The van der Waals surface area contributed by atoms with Crippen molar-refractivity contribution < 1.29 is 4.79 Å². The van der Waals surface area contributed by atoms with Gasteiger partial charge in [-0.15, -0.1) is 5.10 Å². The number of aryl methyl sites for hydroxylation is 1.